The zero-order valence-electron chi connectivity index (χ0n) is 23.2. The molecule has 0 saturated carbocycles. The molecule has 3 aromatic carbocycles. The smallest absolute Gasteiger partial charge is 0.508 e. The van der Waals surface area contributed by atoms with Crippen molar-refractivity contribution in [3.8, 4) is 11.8 Å². The molecule has 0 aliphatic rings. The fourth-order valence-electron chi connectivity index (χ4n) is 4.37. The van der Waals surface area contributed by atoms with E-state index in [9.17, 15) is 14.7 Å². The number of phenols is 1. The van der Waals surface area contributed by atoms with Gasteiger partial charge < -0.3 is 24.5 Å². The van der Waals surface area contributed by atoms with Crippen LogP contribution < -0.4 is 5.32 Å². The first-order valence-electron chi connectivity index (χ1n) is 13.1. The van der Waals surface area contributed by atoms with Crippen LogP contribution in [-0.4, -0.2) is 41.0 Å². The van der Waals surface area contributed by atoms with Gasteiger partial charge in [0, 0.05) is 30.2 Å². The highest BCUT2D eigenvalue weighted by atomic mass is 16.6. The van der Waals surface area contributed by atoms with Crippen LogP contribution in [0.5, 0.6) is 5.75 Å². The van der Waals surface area contributed by atoms with Crippen LogP contribution in [0.15, 0.2) is 72.9 Å². The maximum Gasteiger partial charge on any atom is 0.728 e. The Morgan fingerprint density at radius 3 is 2.50 bits per heavy atom. The summed E-state index contributed by atoms with van der Waals surface area (Å²) in [5.41, 5.74) is 4.75. The highest BCUT2D eigenvalue weighted by Crippen LogP contribution is 2.27. The Balaban J connectivity index is 1.43. The number of aromatic nitrogens is 1. The normalized spacial score (nSPS) is 11.1. The number of esters is 1. The predicted octanol–water partition coefficient (Wildman–Crippen LogP) is 6.13. The number of fused-ring (bicyclic) bond motifs is 1. The second-order valence-corrected chi connectivity index (χ2v) is 10.5. The summed E-state index contributed by atoms with van der Waals surface area (Å²) in [6.07, 6.45) is 2.18. The molecule has 0 aliphatic heterocycles. The average Bonchev–Trinajstić information content (AvgIpc) is 3.25. The molecule has 0 saturated heterocycles. The topological polar surface area (TPSA) is 94.2 Å². The number of hydrogen-bond donors (Lipinski definition) is 2. The number of carbonyl (C=O) groups is 2. The number of ether oxygens (including phenoxy) is 2. The molecule has 0 bridgehead atoms. The van der Waals surface area contributed by atoms with Crippen molar-refractivity contribution in [2.24, 2.45) is 0 Å². The van der Waals surface area contributed by atoms with E-state index >= 15 is 0 Å². The Hall–Kier alpha value is -4.61. The summed E-state index contributed by atoms with van der Waals surface area (Å²) >= 11 is 0. The third kappa shape index (κ3) is 7.49. The molecule has 4 aromatic rings. The van der Waals surface area contributed by atoms with Gasteiger partial charge in [0.05, 0.1) is 17.5 Å². The molecule has 0 unspecified atom stereocenters. The van der Waals surface area contributed by atoms with Crippen molar-refractivity contribution in [3.63, 3.8) is 0 Å². The average molecular weight is 541 g/mol. The minimum Gasteiger partial charge on any atom is -0.508 e. The molecule has 0 spiro atoms. The molecule has 0 aliphatic carbocycles. The zero-order chi connectivity index (χ0) is 28.7. The van der Waals surface area contributed by atoms with Gasteiger partial charge in [-0.3, -0.25) is 0 Å². The summed E-state index contributed by atoms with van der Waals surface area (Å²) in [6, 6.07) is 23.2. The molecule has 8 heteroatoms. The summed E-state index contributed by atoms with van der Waals surface area (Å²) in [6.45, 7) is 7.27. The highest BCUT2D eigenvalue weighted by molar-refractivity contribution is 5.89. The predicted molar refractivity (Wildman–Crippen MR) is 155 cm³/mol. The van der Waals surface area contributed by atoms with Crippen molar-refractivity contribution in [2.75, 3.05) is 13.7 Å². The molecule has 1 amide bonds. The number of carbonyl (C=O) groups excluding carboxylic acids is 2. The van der Waals surface area contributed by atoms with E-state index in [4.69, 9.17) is 9.47 Å². The molecule has 1 heterocycles. The summed E-state index contributed by atoms with van der Waals surface area (Å²) in [7, 11) is 1.37. The second-order valence-electron chi connectivity index (χ2n) is 10.5. The molecule has 4 rings (SSSR count). The molecule has 2 N–H and O–H groups in total. The number of phenolic OH excluding ortho intramolecular Hbond substituents is 1. The second kappa shape index (κ2) is 12.5. The van der Waals surface area contributed by atoms with Crippen molar-refractivity contribution in [3.05, 3.63) is 106 Å². The van der Waals surface area contributed by atoms with Crippen molar-refractivity contribution >= 4 is 23.0 Å². The van der Waals surface area contributed by atoms with Crippen LogP contribution in [0.3, 0.4) is 0 Å². The first-order chi connectivity index (χ1) is 19.1. The lowest BCUT2D eigenvalue weighted by Crippen LogP contribution is -2.21. The monoisotopic (exact) mass is 540 g/mol. The fraction of sp³-hybridized carbons (Fsp3) is 0.281. The van der Waals surface area contributed by atoms with Crippen LogP contribution in [0.4, 0.5) is 4.79 Å². The number of nitrogens with zero attached hydrogens (tertiary/aromatic N) is 2. The van der Waals surface area contributed by atoms with E-state index in [-0.39, 0.29) is 11.7 Å². The van der Waals surface area contributed by atoms with E-state index < -0.39 is 11.7 Å². The minimum atomic E-state index is -0.672. The van der Waals surface area contributed by atoms with E-state index in [1.807, 2.05) is 42.5 Å². The summed E-state index contributed by atoms with van der Waals surface area (Å²) < 4.78 is 12.2. The van der Waals surface area contributed by atoms with Crippen LogP contribution in [0.1, 0.15) is 53.4 Å². The van der Waals surface area contributed by atoms with E-state index in [0.29, 0.717) is 25.2 Å². The van der Waals surface area contributed by atoms with Gasteiger partial charge in [-0.05, 0) is 86.8 Å². The van der Waals surface area contributed by atoms with E-state index in [1.54, 1.807) is 45.0 Å². The molecular formula is C32H34N3O5+. The van der Waals surface area contributed by atoms with Crippen molar-refractivity contribution in [1.29, 1.82) is 0 Å². The quantitative estimate of drug-likeness (QED) is 0.206. The number of aromatic hydroxyl groups is 1. The number of nitrogens with one attached hydrogen (secondary N) is 1. The van der Waals surface area contributed by atoms with Crippen LogP contribution in [0, 0.1) is 6.07 Å². The van der Waals surface area contributed by atoms with E-state index in [1.165, 1.54) is 7.11 Å². The molecule has 206 valence electrons. The van der Waals surface area contributed by atoms with Crippen molar-refractivity contribution < 1.29 is 24.2 Å². The van der Waals surface area contributed by atoms with E-state index in [2.05, 4.69) is 27.0 Å². The molecule has 0 radical (unpaired) electrons. The maximum absolute atomic E-state index is 12.0. The summed E-state index contributed by atoms with van der Waals surface area (Å²) in [4.78, 5) is 27.5. The zero-order valence-corrected chi connectivity index (χ0v) is 23.2. The highest BCUT2D eigenvalue weighted by Gasteiger charge is 2.23. The van der Waals surface area contributed by atoms with Gasteiger partial charge >= 0.3 is 18.1 Å². The minimum absolute atomic E-state index is 0.218. The Morgan fingerprint density at radius 2 is 1.77 bits per heavy atom. The van der Waals surface area contributed by atoms with Crippen molar-refractivity contribution in [1.82, 2.24) is 9.88 Å². The maximum atomic E-state index is 12.0. The molecule has 0 atom stereocenters. The van der Waals surface area contributed by atoms with Crippen LogP contribution in [0.2, 0.25) is 0 Å². The lowest BCUT2D eigenvalue weighted by atomic mass is 10.1. The van der Waals surface area contributed by atoms with Gasteiger partial charge in [0.1, 0.15) is 16.9 Å². The van der Waals surface area contributed by atoms with Gasteiger partial charge in [0.25, 0.3) is 0 Å². The Bertz CT molecular complexity index is 1570. The molecule has 1 aromatic heterocycles. The fourth-order valence-corrected chi connectivity index (χ4v) is 4.37. The first kappa shape index (κ1) is 28.4. The molecular weight excluding hydrogens is 506 g/mol. The number of methoxy groups -OCH3 is 1. The summed E-state index contributed by atoms with van der Waals surface area (Å²) in [5, 5.41) is 14.6. The Kier molecular flexibility index (Phi) is 8.87. The summed E-state index contributed by atoms with van der Waals surface area (Å²) in [5.74, 6) is -0.144. The number of rotatable bonds is 8. The van der Waals surface area contributed by atoms with Gasteiger partial charge in [-0.25, -0.2) is 4.79 Å². The largest absolute Gasteiger partial charge is 0.728 e. The molecule has 40 heavy (non-hydrogen) atoms. The lowest BCUT2D eigenvalue weighted by Gasteiger charge is -2.12. The van der Waals surface area contributed by atoms with Crippen LogP contribution in [0.25, 0.3) is 15.7 Å². The number of amides is 1. The third-order valence-corrected chi connectivity index (χ3v) is 6.24. The molecule has 0 fully saturated rings. The SMILES string of the molecule is COC(=O)c1ccc(Cn2cc(CCNCc3ccccc3C#[N+]C(=O)OC(C)(C)C)c3cc(O)ccc32)cc1. The molecule has 8 nitrogen and oxygen atoms in total. The van der Waals surface area contributed by atoms with Gasteiger partial charge in [-0.1, -0.05) is 30.3 Å². The van der Waals surface area contributed by atoms with Crippen LogP contribution >= 0.6 is 0 Å². The van der Waals surface area contributed by atoms with Crippen LogP contribution in [-0.2, 0) is 29.0 Å². The van der Waals surface area contributed by atoms with Crippen molar-refractivity contribution in [2.45, 2.75) is 45.9 Å². The standard InChI is InChI=1S/C32H33N3O5/c1-32(2,3)40-31(38)34-19-25-8-6-5-7-24(25)18-33-16-15-26-21-35(29-14-13-27(36)17-28(26)29)20-22-9-11-23(12-10-22)30(37)39-4/h5-14,17,21,33H,15-16,18,20H2,1-4H3/p+1. The van der Waals surface area contributed by atoms with E-state index in [0.717, 1.165) is 39.6 Å². The Morgan fingerprint density at radius 1 is 1.02 bits per heavy atom. The lowest BCUT2D eigenvalue weighted by molar-refractivity contribution is 0.0599. The van der Waals surface area contributed by atoms with Gasteiger partial charge in [0.2, 0.25) is 0 Å². The first-order valence-corrected chi connectivity index (χ1v) is 13.1. The number of benzene rings is 3. The van der Waals surface area contributed by atoms with Gasteiger partial charge in [-0.15, -0.1) is 0 Å². The Labute approximate surface area is 234 Å². The number of hydrogen-bond acceptors (Lipinski definition) is 6. The third-order valence-electron chi connectivity index (χ3n) is 6.24. The van der Waals surface area contributed by atoms with Gasteiger partial charge in [0.15, 0.2) is 0 Å². The van der Waals surface area contributed by atoms with Gasteiger partial charge in [-0.2, -0.15) is 4.79 Å².